The van der Waals surface area contributed by atoms with E-state index in [-0.39, 0.29) is 5.92 Å². The Kier molecular flexibility index (Phi) is 5.22. The van der Waals surface area contributed by atoms with Crippen molar-refractivity contribution < 1.29 is 4.79 Å². The summed E-state index contributed by atoms with van der Waals surface area (Å²) in [7, 11) is 0. The predicted octanol–water partition coefficient (Wildman–Crippen LogP) is 1.16. The second-order valence-electron chi connectivity index (χ2n) is 6.55. The minimum atomic E-state index is 0.210. The molecule has 0 radical (unpaired) electrons. The SMILES string of the molecule is CC(C)CN1CCN(C(=O)[C@@H]2CCC[C@@H]2CN)CC1. The highest BCUT2D eigenvalue weighted by atomic mass is 16.2. The normalized spacial score (nSPS) is 29.2. The molecule has 0 aromatic rings. The number of piperazine rings is 1. The van der Waals surface area contributed by atoms with Crippen molar-refractivity contribution in [2.45, 2.75) is 33.1 Å². The van der Waals surface area contributed by atoms with Gasteiger partial charge in [0.2, 0.25) is 5.91 Å². The van der Waals surface area contributed by atoms with E-state index in [0.717, 1.165) is 45.6 Å². The van der Waals surface area contributed by atoms with E-state index in [1.807, 2.05) is 0 Å². The van der Waals surface area contributed by atoms with Crippen molar-refractivity contribution in [3.8, 4) is 0 Å². The van der Waals surface area contributed by atoms with Gasteiger partial charge in [0.1, 0.15) is 0 Å². The van der Waals surface area contributed by atoms with Gasteiger partial charge >= 0.3 is 0 Å². The summed E-state index contributed by atoms with van der Waals surface area (Å²) < 4.78 is 0. The van der Waals surface area contributed by atoms with Gasteiger partial charge in [-0.3, -0.25) is 9.69 Å². The Morgan fingerprint density at radius 3 is 2.47 bits per heavy atom. The zero-order valence-corrected chi connectivity index (χ0v) is 12.5. The van der Waals surface area contributed by atoms with Crippen LogP contribution in [-0.4, -0.2) is 55.0 Å². The molecule has 1 aliphatic heterocycles. The van der Waals surface area contributed by atoms with Gasteiger partial charge in [-0.25, -0.2) is 0 Å². The van der Waals surface area contributed by atoms with Crippen molar-refractivity contribution in [2.75, 3.05) is 39.3 Å². The van der Waals surface area contributed by atoms with Crippen molar-refractivity contribution in [3.63, 3.8) is 0 Å². The molecular formula is C15H29N3O. The summed E-state index contributed by atoms with van der Waals surface area (Å²) in [4.78, 5) is 17.1. The number of nitrogens with zero attached hydrogens (tertiary/aromatic N) is 2. The van der Waals surface area contributed by atoms with Crippen LogP contribution in [0.1, 0.15) is 33.1 Å². The smallest absolute Gasteiger partial charge is 0.226 e. The summed E-state index contributed by atoms with van der Waals surface area (Å²) in [6.45, 7) is 10.2. The largest absolute Gasteiger partial charge is 0.340 e. The molecule has 19 heavy (non-hydrogen) atoms. The molecule has 1 saturated heterocycles. The van der Waals surface area contributed by atoms with E-state index >= 15 is 0 Å². The third kappa shape index (κ3) is 3.69. The van der Waals surface area contributed by atoms with Gasteiger partial charge in [0.15, 0.2) is 0 Å². The highest BCUT2D eigenvalue weighted by Crippen LogP contribution is 2.32. The predicted molar refractivity (Wildman–Crippen MR) is 77.7 cm³/mol. The van der Waals surface area contributed by atoms with Crippen LogP contribution >= 0.6 is 0 Å². The molecule has 1 heterocycles. The maximum absolute atomic E-state index is 12.6. The van der Waals surface area contributed by atoms with Gasteiger partial charge in [-0.2, -0.15) is 0 Å². The average molecular weight is 267 g/mol. The molecule has 1 amide bonds. The van der Waals surface area contributed by atoms with Gasteiger partial charge in [0, 0.05) is 38.6 Å². The molecule has 2 aliphatic rings. The lowest BCUT2D eigenvalue weighted by atomic mass is 9.94. The van der Waals surface area contributed by atoms with Crippen LogP contribution in [0.15, 0.2) is 0 Å². The van der Waals surface area contributed by atoms with Crippen LogP contribution < -0.4 is 5.73 Å². The summed E-state index contributed by atoms with van der Waals surface area (Å²) >= 11 is 0. The molecule has 1 aliphatic carbocycles. The zero-order valence-electron chi connectivity index (χ0n) is 12.5. The number of carbonyl (C=O) groups excluding carboxylic acids is 1. The van der Waals surface area contributed by atoms with Gasteiger partial charge < -0.3 is 10.6 Å². The molecule has 2 fully saturated rings. The van der Waals surface area contributed by atoms with E-state index < -0.39 is 0 Å². The second-order valence-corrected chi connectivity index (χ2v) is 6.55. The maximum Gasteiger partial charge on any atom is 0.226 e. The lowest BCUT2D eigenvalue weighted by Gasteiger charge is -2.37. The lowest BCUT2D eigenvalue weighted by Crippen LogP contribution is -2.51. The van der Waals surface area contributed by atoms with Crippen molar-refractivity contribution in [1.82, 2.24) is 9.80 Å². The molecule has 0 unspecified atom stereocenters. The number of hydrogen-bond acceptors (Lipinski definition) is 3. The Morgan fingerprint density at radius 1 is 1.21 bits per heavy atom. The number of carbonyl (C=O) groups is 1. The van der Waals surface area contributed by atoms with Crippen LogP contribution in [0.2, 0.25) is 0 Å². The molecule has 4 heteroatoms. The van der Waals surface area contributed by atoms with Gasteiger partial charge in [-0.05, 0) is 31.2 Å². The summed E-state index contributed by atoms with van der Waals surface area (Å²) in [6, 6.07) is 0. The molecule has 4 nitrogen and oxygen atoms in total. The van der Waals surface area contributed by atoms with Crippen molar-refractivity contribution >= 4 is 5.91 Å². The van der Waals surface area contributed by atoms with Crippen molar-refractivity contribution in [1.29, 1.82) is 0 Å². The Morgan fingerprint density at radius 2 is 1.89 bits per heavy atom. The van der Waals surface area contributed by atoms with Gasteiger partial charge in [0.05, 0.1) is 0 Å². The average Bonchev–Trinajstić information content (AvgIpc) is 2.86. The van der Waals surface area contributed by atoms with Crippen LogP contribution in [0.4, 0.5) is 0 Å². The first kappa shape index (κ1) is 14.8. The third-order valence-corrected chi connectivity index (χ3v) is 4.59. The zero-order chi connectivity index (χ0) is 13.8. The lowest BCUT2D eigenvalue weighted by molar-refractivity contribution is -0.138. The summed E-state index contributed by atoms with van der Waals surface area (Å²) in [5.41, 5.74) is 5.79. The molecule has 2 N–H and O–H groups in total. The number of hydrogen-bond donors (Lipinski definition) is 1. The van der Waals surface area contributed by atoms with Crippen LogP contribution in [0.5, 0.6) is 0 Å². The van der Waals surface area contributed by atoms with Gasteiger partial charge in [0.25, 0.3) is 0 Å². The van der Waals surface area contributed by atoms with Crippen molar-refractivity contribution in [2.24, 2.45) is 23.5 Å². The summed E-state index contributed by atoms with van der Waals surface area (Å²) in [6.07, 6.45) is 3.36. The number of amides is 1. The summed E-state index contributed by atoms with van der Waals surface area (Å²) in [5.74, 6) is 1.72. The van der Waals surface area contributed by atoms with E-state index in [9.17, 15) is 4.79 Å². The first-order chi connectivity index (χ1) is 9.11. The molecule has 0 aromatic carbocycles. The quantitative estimate of drug-likeness (QED) is 0.831. The van der Waals surface area contributed by atoms with Crippen LogP contribution in [0.3, 0.4) is 0 Å². The van der Waals surface area contributed by atoms with E-state index in [4.69, 9.17) is 5.73 Å². The number of nitrogens with two attached hydrogens (primary N) is 1. The molecule has 0 aromatic heterocycles. The minimum absolute atomic E-state index is 0.210. The molecule has 1 saturated carbocycles. The van der Waals surface area contributed by atoms with Crippen LogP contribution in [0.25, 0.3) is 0 Å². The Labute approximate surface area is 117 Å². The van der Waals surface area contributed by atoms with E-state index in [1.54, 1.807) is 0 Å². The fourth-order valence-electron chi connectivity index (χ4n) is 3.55. The third-order valence-electron chi connectivity index (χ3n) is 4.59. The first-order valence-corrected chi connectivity index (χ1v) is 7.83. The Bertz CT molecular complexity index is 298. The molecule has 0 bridgehead atoms. The van der Waals surface area contributed by atoms with Crippen LogP contribution in [-0.2, 0) is 4.79 Å². The maximum atomic E-state index is 12.6. The highest BCUT2D eigenvalue weighted by molar-refractivity contribution is 5.79. The second kappa shape index (κ2) is 6.71. The summed E-state index contributed by atoms with van der Waals surface area (Å²) in [5, 5.41) is 0. The monoisotopic (exact) mass is 267 g/mol. The topological polar surface area (TPSA) is 49.6 Å². The molecular weight excluding hydrogens is 238 g/mol. The fourth-order valence-corrected chi connectivity index (χ4v) is 3.55. The van der Waals surface area contributed by atoms with Crippen LogP contribution in [0, 0.1) is 17.8 Å². The Hall–Kier alpha value is -0.610. The molecule has 2 rings (SSSR count). The van der Waals surface area contributed by atoms with Gasteiger partial charge in [-0.15, -0.1) is 0 Å². The van der Waals surface area contributed by atoms with Crippen molar-refractivity contribution in [3.05, 3.63) is 0 Å². The van der Waals surface area contributed by atoms with E-state index in [2.05, 4.69) is 23.6 Å². The minimum Gasteiger partial charge on any atom is -0.340 e. The molecule has 0 spiro atoms. The fraction of sp³-hybridized carbons (Fsp3) is 0.933. The highest BCUT2D eigenvalue weighted by Gasteiger charge is 2.35. The van der Waals surface area contributed by atoms with E-state index in [1.165, 1.54) is 6.42 Å². The molecule has 110 valence electrons. The first-order valence-electron chi connectivity index (χ1n) is 7.83. The number of rotatable bonds is 4. The van der Waals surface area contributed by atoms with E-state index in [0.29, 0.717) is 24.3 Å². The Balaban J connectivity index is 1.82. The molecule has 2 atom stereocenters. The van der Waals surface area contributed by atoms with Gasteiger partial charge in [-0.1, -0.05) is 20.3 Å². The standard InChI is InChI=1S/C15H29N3O/c1-12(2)11-17-6-8-18(9-7-17)15(19)14-5-3-4-13(14)10-16/h12-14H,3-11,16H2,1-2H3/t13-,14-/m1/s1.